The molecule has 1 rings (SSSR count). The largest absolute Gasteiger partial charge is 0.394 e. The molecule has 0 aliphatic carbocycles. The molecule has 1 amide bonds. The standard InChI is InChI=1S/C8H15BrN2O6/c9-3(6(10)15)7(16)11-8-5(14)4(13)2(1-12)17-8/h2-5,7-8,11-14,16H,1H2,(H2,10,15). The van der Waals surface area contributed by atoms with Crippen LogP contribution in [0.15, 0.2) is 0 Å². The molecule has 100 valence electrons. The zero-order valence-electron chi connectivity index (χ0n) is 8.73. The van der Waals surface area contributed by atoms with Gasteiger partial charge in [-0.05, 0) is 0 Å². The second kappa shape index (κ2) is 6.05. The third-order valence-corrected chi connectivity index (χ3v) is 3.38. The number of alkyl halides is 1. The number of hydrogen-bond acceptors (Lipinski definition) is 7. The number of halogens is 1. The third-order valence-electron chi connectivity index (χ3n) is 2.43. The van der Waals surface area contributed by atoms with Gasteiger partial charge in [0.15, 0.2) is 0 Å². The number of nitrogens with two attached hydrogens (primary N) is 1. The number of ether oxygens (including phenoxy) is 1. The summed E-state index contributed by atoms with van der Waals surface area (Å²) >= 11 is 2.85. The molecule has 7 N–H and O–H groups in total. The molecular formula is C8H15BrN2O6. The summed E-state index contributed by atoms with van der Waals surface area (Å²) in [6.45, 7) is -0.472. The number of carbonyl (C=O) groups excluding carboxylic acids is 1. The average molecular weight is 315 g/mol. The number of rotatable bonds is 5. The minimum Gasteiger partial charge on any atom is -0.394 e. The highest BCUT2D eigenvalue weighted by Gasteiger charge is 2.43. The fraction of sp³-hybridized carbons (Fsp3) is 0.875. The van der Waals surface area contributed by atoms with Crippen molar-refractivity contribution in [3.05, 3.63) is 0 Å². The molecule has 0 spiro atoms. The number of aliphatic hydroxyl groups is 4. The highest BCUT2D eigenvalue weighted by Crippen LogP contribution is 2.20. The lowest BCUT2D eigenvalue weighted by Crippen LogP contribution is -2.51. The molecule has 6 unspecified atom stereocenters. The van der Waals surface area contributed by atoms with Crippen LogP contribution in [0.5, 0.6) is 0 Å². The van der Waals surface area contributed by atoms with Gasteiger partial charge in [0.25, 0.3) is 0 Å². The molecule has 0 aromatic rings. The van der Waals surface area contributed by atoms with Crippen LogP contribution in [0.3, 0.4) is 0 Å². The Morgan fingerprint density at radius 2 is 2.06 bits per heavy atom. The Kier molecular flexibility index (Phi) is 5.25. The fourth-order valence-electron chi connectivity index (χ4n) is 1.45. The van der Waals surface area contributed by atoms with Crippen molar-refractivity contribution >= 4 is 21.8 Å². The van der Waals surface area contributed by atoms with E-state index in [9.17, 15) is 20.1 Å². The first-order chi connectivity index (χ1) is 7.88. The van der Waals surface area contributed by atoms with E-state index in [4.69, 9.17) is 15.6 Å². The Balaban J connectivity index is 2.55. The van der Waals surface area contributed by atoms with Gasteiger partial charge in [-0.15, -0.1) is 0 Å². The monoisotopic (exact) mass is 314 g/mol. The summed E-state index contributed by atoms with van der Waals surface area (Å²) in [5, 5.41) is 39.7. The first-order valence-corrected chi connectivity index (χ1v) is 5.80. The number of hydrogen-bond donors (Lipinski definition) is 6. The zero-order chi connectivity index (χ0) is 13.2. The number of aliphatic hydroxyl groups excluding tert-OH is 4. The summed E-state index contributed by atoms with van der Waals surface area (Å²) in [5.74, 6) is -0.795. The van der Waals surface area contributed by atoms with Crippen LogP contribution in [0, 0.1) is 0 Å². The van der Waals surface area contributed by atoms with Gasteiger partial charge in [-0.2, -0.15) is 0 Å². The summed E-state index contributed by atoms with van der Waals surface area (Å²) in [7, 11) is 0. The van der Waals surface area contributed by atoms with Crippen molar-refractivity contribution in [2.24, 2.45) is 5.73 Å². The number of primary amides is 1. The number of carbonyl (C=O) groups is 1. The van der Waals surface area contributed by atoms with Gasteiger partial charge in [-0.25, -0.2) is 0 Å². The van der Waals surface area contributed by atoms with Crippen molar-refractivity contribution in [2.75, 3.05) is 6.61 Å². The van der Waals surface area contributed by atoms with E-state index in [0.29, 0.717) is 0 Å². The third kappa shape index (κ3) is 3.35. The molecule has 0 aromatic carbocycles. The van der Waals surface area contributed by atoms with Gasteiger partial charge in [0.2, 0.25) is 5.91 Å². The molecule has 0 bridgehead atoms. The lowest BCUT2D eigenvalue weighted by Gasteiger charge is -2.22. The summed E-state index contributed by atoms with van der Waals surface area (Å²) in [5.41, 5.74) is 4.95. The van der Waals surface area contributed by atoms with Gasteiger partial charge < -0.3 is 30.9 Å². The summed E-state index contributed by atoms with van der Waals surface area (Å²) in [4.78, 5) is 9.70. The van der Waals surface area contributed by atoms with Gasteiger partial charge in [0, 0.05) is 0 Å². The van der Waals surface area contributed by atoms with E-state index in [0.717, 1.165) is 0 Å². The summed E-state index contributed by atoms with van der Waals surface area (Å²) in [6, 6.07) is 0. The fourth-order valence-corrected chi connectivity index (χ4v) is 1.60. The minimum atomic E-state index is -1.39. The lowest BCUT2D eigenvalue weighted by atomic mass is 10.1. The van der Waals surface area contributed by atoms with Crippen molar-refractivity contribution in [2.45, 2.75) is 35.6 Å². The SMILES string of the molecule is NC(=O)C(Br)C(O)NC1OC(CO)C(O)C1O. The zero-order valence-corrected chi connectivity index (χ0v) is 10.3. The van der Waals surface area contributed by atoms with E-state index in [2.05, 4.69) is 21.2 Å². The highest BCUT2D eigenvalue weighted by molar-refractivity contribution is 9.10. The molecule has 9 heteroatoms. The highest BCUT2D eigenvalue weighted by atomic mass is 79.9. The Bertz CT molecular complexity index is 281. The number of nitrogens with one attached hydrogen (secondary N) is 1. The van der Waals surface area contributed by atoms with E-state index in [1.807, 2.05) is 0 Å². The maximum absolute atomic E-state index is 10.8. The topological polar surface area (TPSA) is 145 Å². The van der Waals surface area contributed by atoms with Crippen molar-refractivity contribution < 1.29 is 30.0 Å². The van der Waals surface area contributed by atoms with Crippen LogP contribution >= 0.6 is 15.9 Å². The Labute approximate surface area is 105 Å². The van der Waals surface area contributed by atoms with Gasteiger partial charge >= 0.3 is 0 Å². The molecule has 0 radical (unpaired) electrons. The predicted octanol–water partition coefficient (Wildman–Crippen LogP) is -3.42. The van der Waals surface area contributed by atoms with E-state index >= 15 is 0 Å². The van der Waals surface area contributed by atoms with Gasteiger partial charge in [-0.3, -0.25) is 10.1 Å². The minimum absolute atomic E-state index is 0.472. The Morgan fingerprint density at radius 3 is 2.47 bits per heavy atom. The second-order valence-electron chi connectivity index (χ2n) is 3.67. The van der Waals surface area contributed by atoms with Crippen molar-refractivity contribution in [1.29, 1.82) is 0 Å². The maximum Gasteiger partial charge on any atom is 0.235 e. The van der Waals surface area contributed by atoms with E-state index in [1.165, 1.54) is 0 Å². The molecular weight excluding hydrogens is 300 g/mol. The van der Waals surface area contributed by atoms with Crippen LogP contribution in [0.25, 0.3) is 0 Å². The van der Waals surface area contributed by atoms with Crippen LogP contribution in [0.4, 0.5) is 0 Å². The normalized spacial score (nSPS) is 36.8. The molecule has 0 saturated carbocycles. The Hall–Kier alpha value is -0.290. The first-order valence-electron chi connectivity index (χ1n) is 4.88. The molecule has 1 aliphatic heterocycles. The molecule has 1 heterocycles. The molecule has 0 aromatic heterocycles. The van der Waals surface area contributed by atoms with Gasteiger partial charge in [0.05, 0.1) is 6.61 Å². The first kappa shape index (κ1) is 14.8. The Morgan fingerprint density at radius 1 is 1.47 bits per heavy atom. The van der Waals surface area contributed by atoms with Crippen LogP contribution in [-0.2, 0) is 9.53 Å². The van der Waals surface area contributed by atoms with Crippen LogP contribution in [0.2, 0.25) is 0 Å². The van der Waals surface area contributed by atoms with Gasteiger partial charge in [-0.1, -0.05) is 15.9 Å². The van der Waals surface area contributed by atoms with Crippen molar-refractivity contribution in [3.8, 4) is 0 Å². The molecule has 17 heavy (non-hydrogen) atoms. The summed E-state index contributed by atoms with van der Waals surface area (Å²) < 4.78 is 5.04. The molecule has 1 saturated heterocycles. The quantitative estimate of drug-likeness (QED) is 0.229. The molecule has 6 atom stereocenters. The molecule has 8 nitrogen and oxygen atoms in total. The van der Waals surface area contributed by atoms with E-state index < -0.39 is 48.1 Å². The van der Waals surface area contributed by atoms with Gasteiger partial charge in [0.1, 0.15) is 35.6 Å². The van der Waals surface area contributed by atoms with Crippen LogP contribution in [-0.4, -0.2) is 68.5 Å². The smallest absolute Gasteiger partial charge is 0.235 e. The van der Waals surface area contributed by atoms with E-state index in [-0.39, 0.29) is 0 Å². The predicted molar refractivity (Wildman–Crippen MR) is 58.8 cm³/mol. The summed E-state index contributed by atoms with van der Waals surface area (Å²) in [6.07, 6.45) is -6.04. The maximum atomic E-state index is 10.8. The average Bonchev–Trinajstić information content (AvgIpc) is 2.55. The molecule has 1 fully saturated rings. The second-order valence-corrected chi connectivity index (χ2v) is 4.66. The van der Waals surface area contributed by atoms with Crippen molar-refractivity contribution in [3.63, 3.8) is 0 Å². The van der Waals surface area contributed by atoms with Crippen molar-refractivity contribution in [1.82, 2.24) is 5.32 Å². The van der Waals surface area contributed by atoms with Crippen LogP contribution < -0.4 is 11.1 Å². The number of amides is 1. The van der Waals surface area contributed by atoms with Crippen LogP contribution in [0.1, 0.15) is 0 Å². The lowest BCUT2D eigenvalue weighted by molar-refractivity contribution is -0.120. The van der Waals surface area contributed by atoms with E-state index in [1.54, 1.807) is 0 Å². The molecule has 1 aliphatic rings.